The van der Waals surface area contributed by atoms with Crippen LogP contribution >= 0.6 is 0 Å². The van der Waals surface area contributed by atoms with E-state index in [1.165, 1.54) is 12.8 Å². The third-order valence-corrected chi connectivity index (χ3v) is 4.61. The number of nitrogens with zero attached hydrogens (tertiary/aromatic N) is 2. The van der Waals surface area contributed by atoms with Crippen LogP contribution < -0.4 is 5.73 Å². The maximum Gasteiger partial charge on any atom is 0.246 e. The zero-order valence-corrected chi connectivity index (χ0v) is 12.3. The van der Waals surface area contributed by atoms with Crippen LogP contribution in [0, 0.1) is 5.92 Å². The lowest BCUT2D eigenvalue weighted by Gasteiger charge is -2.33. The van der Waals surface area contributed by atoms with E-state index in [1.54, 1.807) is 0 Å². The predicted molar refractivity (Wildman–Crippen MR) is 75.1 cm³/mol. The Labute approximate surface area is 120 Å². The summed E-state index contributed by atoms with van der Waals surface area (Å²) in [5.74, 6) is 2.00. The van der Waals surface area contributed by atoms with Crippen molar-refractivity contribution < 1.29 is 9.26 Å². The molecule has 3 atom stereocenters. The van der Waals surface area contributed by atoms with Gasteiger partial charge in [0.15, 0.2) is 5.82 Å². The van der Waals surface area contributed by atoms with Crippen LogP contribution in [0.4, 0.5) is 0 Å². The molecule has 1 aromatic rings. The van der Waals surface area contributed by atoms with E-state index in [-0.39, 0.29) is 6.10 Å². The van der Waals surface area contributed by atoms with Crippen LogP contribution in [0.2, 0.25) is 0 Å². The van der Waals surface area contributed by atoms with Gasteiger partial charge in [-0.3, -0.25) is 0 Å². The molecule has 0 amide bonds. The molecule has 1 aliphatic carbocycles. The van der Waals surface area contributed by atoms with Gasteiger partial charge in [0, 0.05) is 13.0 Å². The summed E-state index contributed by atoms with van der Waals surface area (Å²) in [6.45, 7) is 3.10. The van der Waals surface area contributed by atoms with Crippen LogP contribution in [0.1, 0.15) is 63.6 Å². The summed E-state index contributed by atoms with van der Waals surface area (Å²) in [5.41, 5.74) is 6.07. The van der Waals surface area contributed by atoms with Crippen molar-refractivity contribution in [1.29, 1.82) is 0 Å². The smallest absolute Gasteiger partial charge is 0.246 e. The first kappa shape index (κ1) is 14.0. The molecule has 0 aromatic carbocycles. The molecule has 1 aliphatic heterocycles. The summed E-state index contributed by atoms with van der Waals surface area (Å²) in [4.78, 5) is 4.55. The maximum absolute atomic E-state index is 6.49. The van der Waals surface area contributed by atoms with Crippen LogP contribution in [-0.4, -0.2) is 22.9 Å². The van der Waals surface area contributed by atoms with Gasteiger partial charge in [0.25, 0.3) is 0 Å². The lowest BCUT2D eigenvalue weighted by molar-refractivity contribution is 0.0153. The molecule has 5 heteroatoms. The molecule has 2 fully saturated rings. The SMILES string of the molecule is CC1CCCC(N)(c2nc(CC3CCCCO3)no2)C1. The Kier molecular flexibility index (Phi) is 4.08. The van der Waals surface area contributed by atoms with Crippen molar-refractivity contribution in [2.45, 2.75) is 69.9 Å². The first-order chi connectivity index (χ1) is 9.66. The maximum atomic E-state index is 6.49. The van der Waals surface area contributed by atoms with Gasteiger partial charge in [-0.2, -0.15) is 4.98 Å². The lowest BCUT2D eigenvalue weighted by Crippen LogP contribution is -2.41. The van der Waals surface area contributed by atoms with E-state index < -0.39 is 5.54 Å². The Hall–Kier alpha value is -0.940. The first-order valence-corrected chi connectivity index (χ1v) is 7.89. The average molecular weight is 279 g/mol. The number of rotatable bonds is 3. The Morgan fingerprint density at radius 3 is 2.95 bits per heavy atom. The number of hydrogen-bond acceptors (Lipinski definition) is 5. The summed E-state index contributed by atoms with van der Waals surface area (Å²) in [7, 11) is 0. The lowest BCUT2D eigenvalue weighted by atomic mass is 9.77. The van der Waals surface area contributed by atoms with Gasteiger partial charge >= 0.3 is 0 Å². The highest BCUT2D eigenvalue weighted by Crippen LogP contribution is 2.37. The normalized spacial score (nSPS) is 35.1. The number of aromatic nitrogens is 2. The van der Waals surface area contributed by atoms with E-state index >= 15 is 0 Å². The van der Waals surface area contributed by atoms with Gasteiger partial charge in [-0.1, -0.05) is 24.9 Å². The molecule has 5 nitrogen and oxygen atoms in total. The van der Waals surface area contributed by atoms with E-state index in [0.717, 1.165) is 51.0 Å². The molecule has 2 N–H and O–H groups in total. The van der Waals surface area contributed by atoms with Gasteiger partial charge in [-0.15, -0.1) is 0 Å². The molecule has 20 heavy (non-hydrogen) atoms. The van der Waals surface area contributed by atoms with Crippen LogP contribution in [-0.2, 0) is 16.7 Å². The number of hydrogen-bond donors (Lipinski definition) is 1. The summed E-state index contributed by atoms with van der Waals surface area (Å²) in [6.07, 6.45) is 8.74. The molecule has 0 radical (unpaired) electrons. The monoisotopic (exact) mass is 279 g/mol. The molecule has 1 aromatic heterocycles. The third-order valence-electron chi connectivity index (χ3n) is 4.61. The average Bonchev–Trinajstić information content (AvgIpc) is 2.89. The molecule has 2 heterocycles. The van der Waals surface area contributed by atoms with Gasteiger partial charge in [0.2, 0.25) is 5.89 Å². The second-order valence-electron chi connectivity index (χ2n) is 6.57. The van der Waals surface area contributed by atoms with Gasteiger partial charge in [-0.05, 0) is 38.0 Å². The van der Waals surface area contributed by atoms with Crippen LogP contribution in [0.5, 0.6) is 0 Å². The molecule has 0 bridgehead atoms. The standard InChI is InChI=1S/C15H25N3O2/c1-11-5-4-7-15(16,10-11)14-17-13(18-20-14)9-12-6-2-3-8-19-12/h11-12H,2-10,16H2,1H3. The second-order valence-corrected chi connectivity index (χ2v) is 6.57. The van der Waals surface area contributed by atoms with Crippen LogP contribution in [0.15, 0.2) is 4.52 Å². The largest absolute Gasteiger partial charge is 0.378 e. The van der Waals surface area contributed by atoms with E-state index in [1.807, 2.05) is 0 Å². The molecule has 2 aliphatic rings. The Bertz CT molecular complexity index is 442. The molecule has 1 saturated heterocycles. The van der Waals surface area contributed by atoms with Crippen molar-refractivity contribution in [3.8, 4) is 0 Å². The van der Waals surface area contributed by atoms with Gasteiger partial charge in [0.05, 0.1) is 11.6 Å². The van der Waals surface area contributed by atoms with Crippen molar-refractivity contribution >= 4 is 0 Å². The summed E-state index contributed by atoms with van der Waals surface area (Å²) in [6, 6.07) is 0. The van der Waals surface area contributed by atoms with Crippen LogP contribution in [0.25, 0.3) is 0 Å². The predicted octanol–water partition coefficient (Wildman–Crippen LogP) is 2.55. The minimum atomic E-state index is -0.420. The van der Waals surface area contributed by atoms with Crippen molar-refractivity contribution in [2.75, 3.05) is 6.61 Å². The molecule has 3 unspecified atom stereocenters. The first-order valence-electron chi connectivity index (χ1n) is 7.89. The zero-order valence-electron chi connectivity index (χ0n) is 12.3. The Morgan fingerprint density at radius 2 is 2.20 bits per heavy atom. The van der Waals surface area contributed by atoms with Gasteiger partial charge in [-0.25, -0.2) is 0 Å². The van der Waals surface area contributed by atoms with Gasteiger partial charge < -0.3 is 15.0 Å². The van der Waals surface area contributed by atoms with E-state index in [9.17, 15) is 0 Å². The minimum absolute atomic E-state index is 0.244. The molecule has 3 rings (SSSR count). The van der Waals surface area contributed by atoms with Gasteiger partial charge in [0.1, 0.15) is 0 Å². The summed E-state index contributed by atoms with van der Waals surface area (Å²) < 4.78 is 11.2. The third kappa shape index (κ3) is 3.04. The van der Waals surface area contributed by atoms with Crippen molar-refractivity contribution in [1.82, 2.24) is 10.1 Å². The molecule has 1 saturated carbocycles. The van der Waals surface area contributed by atoms with Crippen LogP contribution in [0.3, 0.4) is 0 Å². The van der Waals surface area contributed by atoms with Crippen molar-refractivity contribution in [2.24, 2.45) is 11.7 Å². The summed E-state index contributed by atoms with van der Waals surface area (Å²) >= 11 is 0. The quantitative estimate of drug-likeness (QED) is 0.920. The Balaban J connectivity index is 1.66. The topological polar surface area (TPSA) is 74.2 Å². The fourth-order valence-corrected chi connectivity index (χ4v) is 3.50. The van der Waals surface area contributed by atoms with E-state index in [4.69, 9.17) is 15.0 Å². The molecular formula is C15H25N3O2. The number of nitrogens with two attached hydrogens (primary N) is 1. The van der Waals surface area contributed by atoms with E-state index in [0.29, 0.717) is 11.8 Å². The fraction of sp³-hybridized carbons (Fsp3) is 0.867. The van der Waals surface area contributed by atoms with Crippen molar-refractivity contribution in [3.05, 3.63) is 11.7 Å². The minimum Gasteiger partial charge on any atom is -0.378 e. The van der Waals surface area contributed by atoms with E-state index in [2.05, 4.69) is 17.1 Å². The van der Waals surface area contributed by atoms with Crippen molar-refractivity contribution in [3.63, 3.8) is 0 Å². The fourth-order valence-electron chi connectivity index (χ4n) is 3.50. The zero-order chi connectivity index (χ0) is 14.0. The molecule has 112 valence electrons. The second kappa shape index (κ2) is 5.82. The Morgan fingerprint density at radius 1 is 1.30 bits per heavy atom. The molecular weight excluding hydrogens is 254 g/mol. The molecule has 0 spiro atoms. The highest BCUT2D eigenvalue weighted by Gasteiger charge is 2.37. The highest BCUT2D eigenvalue weighted by molar-refractivity contribution is 5.05. The number of ether oxygens (including phenoxy) is 1. The highest BCUT2D eigenvalue weighted by atomic mass is 16.5. The summed E-state index contributed by atoms with van der Waals surface area (Å²) in [5, 5.41) is 4.11.